The molecule has 0 aromatic heterocycles. The maximum absolute atomic E-state index is 14.6. The standard InChI is InChI=1S/C35H47BrN2O5Si/c1-24(2)11-10-12-25(3)17-18-38-30-16-15-28(36)21-29(30)35(34(38)41)26(4)33(44(5,6)42)31(43-35)22-32(40)37(19-20-39)23-27-13-8-7-9-14-27/h7-9,11,13-17,21,26,31,33,39,42H,10,12,18-20,22-23H2,1-6H3/b25-17+/t26-,31+,33-,35+/m1/s1. The maximum atomic E-state index is 14.6. The molecule has 1 spiro atoms. The van der Waals surface area contributed by atoms with Crippen LogP contribution in [0.3, 0.4) is 0 Å². The number of rotatable bonds is 12. The number of hydrogen-bond acceptors (Lipinski definition) is 5. The van der Waals surface area contributed by atoms with Crippen molar-refractivity contribution >= 4 is 41.7 Å². The van der Waals surface area contributed by atoms with Crippen molar-refractivity contribution in [3.8, 4) is 0 Å². The number of aliphatic hydroxyl groups is 1. The molecule has 44 heavy (non-hydrogen) atoms. The third-order valence-corrected chi connectivity index (χ3v) is 12.0. The first-order valence-electron chi connectivity index (χ1n) is 15.5. The number of amides is 2. The predicted molar refractivity (Wildman–Crippen MR) is 182 cm³/mol. The van der Waals surface area contributed by atoms with Crippen molar-refractivity contribution in [2.24, 2.45) is 5.92 Å². The summed E-state index contributed by atoms with van der Waals surface area (Å²) in [4.78, 5) is 43.4. The van der Waals surface area contributed by atoms with Crippen LogP contribution in [0.2, 0.25) is 18.6 Å². The van der Waals surface area contributed by atoms with Gasteiger partial charge in [-0.15, -0.1) is 0 Å². The molecule has 2 aliphatic heterocycles. The molecule has 0 saturated carbocycles. The molecule has 2 aromatic carbocycles. The molecule has 2 amide bonds. The SMILES string of the molecule is CC(C)=CCC/C(C)=C/CN1C(=O)[C@@]2(O[C@@H](CC(=O)N(CCO)Cc3ccccc3)[C@H]([Si](C)(C)O)[C@H]2C)c2cc(Br)ccc21. The van der Waals surface area contributed by atoms with E-state index in [2.05, 4.69) is 48.9 Å². The number of benzene rings is 2. The molecule has 2 heterocycles. The molecular weight excluding hydrogens is 636 g/mol. The van der Waals surface area contributed by atoms with Gasteiger partial charge in [0.25, 0.3) is 5.91 Å². The fourth-order valence-corrected chi connectivity index (χ4v) is 9.80. The Kier molecular flexibility index (Phi) is 11.1. The van der Waals surface area contributed by atoms with Gasteiger partial charge in [0.15, 0.2) is 13.9 Å². The minimum atomic E-state index is -2.93. The number of ether oxygens (including phenoxy) is 1. The predicted octanol–water partition coefficient (Wildman–Crippen LogP) is 6.70. The van der Waals surface area contributed by atoms with Crippen LogP contribution in [-0.2, 0) is 26.5 Å². The van der Waals surface area contributed by atoms with Crippen molar-refractivity contribution in [3.05, 3.63) is 87.4 Å². The van der Waals surface area contributed by atoms with E-state index in [0.29, 0.717) is 13.1 Å². The number of carbonyl (C=O) groups excluding carboxylic acids is 2. The second-order valence-corrected chi connectivity index (χ2v) is 17.9. The lowest BCUT2D eigenvalue weighted by Gasteiger charge is -2.32. The van der Waals surface area contributed by atoms with Crippen LogP contribution in [0.4, 0.5) is 5.69 Å². The molecule has 0 bridgehead atoms. The summed E-state index contributed by atoms with van der Waals surface area (Å²) in [7, 11) is -2.93. The molecule has 238 valence electrons. The van der Waals surface area contributed by atoms with Gasteiger partial charge in [0.05, 0.1) is 24.8 Å². The van der Waals surface area contributed by atoms with E-state index in [1.807, 2.05) is 68.5 Å². The number of fused-ring (bicyclic) bond motifs is 2. The van der Waals surface area contributed by atoms with Gasteiger partial charge in [-0.25, -0.2) is 0 Å². The number of hydrogen-bond donors (Lipinski definition) is 2. The monoisotopic (exact) mass is 682 g/mol. The smallest absolute Gasteiger partial charge is 0.264 e. The summed E-state index contributed by atoms with van der Waals surface area (Å²) in [5.41, 5.74) is 3.36. The molecule has 2 aromatic rings. The number of carbonyl (C=O) groups is 2. The zero-order chi connectivity index (χ0) is 32.2. The summed E-state index contributed by atoms with van der Waals surface area (Å²) in [5.74, 6) is -0.686. The third-order valence-electron chi connectivity index (χ3n) is 8.97. The largest absolute Gasteiger partial charge is 0.432 e. The van der Waals surface area contributed by atoms with E-state index >= 15 is 0 Å². The molecule has 2 aliphatic rings. The van der Waals surface area contributed by atoms with Gasteiger partial charge in [-0.2, -0.15) is 0 Å². The highest BCUT2D eigenvalue weighted by atomic mass is 79.9. The fraction of sp³-hybridized carbons (Fsp3) is 0.486. The van der Waals surface area contributed by atoms with Crippen molar-refractivity contribution in [3.63, 3.8) is 0 Å². The Labute approximate surface area is 271 Å². The second-order valence-electron chi connectivity index (χ2n) is 13.0. The Hall–Kier alpha value is -2.56. The number of aliphatic hydroxyl groups excluding tert-OH is 1. The highest BCUT2D eigenvalue weighted by molar-refractivity contribution is 9.10. The molecule has 4 rings (SSSR count). The molecule has 1 fully saturated rings. The maximum Gasteiger partial charge on any atom is 0.264 e. The molecule has 4 atom stereocenters. The number of nitrogens with zero attached hydrogens (tertiary/aromatic N) is 2. The Morgan fingerprint density at radius 2 is 1.84 bits per heavy atom. The summed E-state index contributed by atoms with van der Waals surface area (Å²) >= 11 is 3.61. The van der Waals surface area contributed by atoms with Crippen LogP contribution in [0.1, 0.15) is 58.1 Å². The summed E-state index contributed by atoms with van der Waals surface area (Å²) < 4.78 is 7.69. The van der Waals surface area contributed by atoms with Crippen LogP contribution in [0.5, 0.6) is 0 Å². The van der Waals surface area contributed by atoms with Crippen molar-refractivity contribution in [2.75, 3.05) is 24.6 Å². The quantitative estimate of drug-likeness (QED) is 0.192. The second kappa shape index (κ2) is 14.2. The number of halogens is 1. The summed E-state index contributed by atoms with van der Waals surface area (Å²) in [6, 6.07) is 15.5. The zero-order valence-corrected chi connectivity index (χ0v) is 29.4. The third kappa shape index (κ3) is 7.28. The average molecular weight is 684 g/mol. The van der Waals surface area contributed by atoms with E-state index in [1.165, 1.54) is 11.1 Å². The van der Waals surface area contributed by atoms with Crippen molar-refractivity contribution < 1.29 is 24.2 Å². The Morgan fingerprint density at radius 1 is 1.14 bits per heavy atom. The van der Waals surface area contributed by atoms with Gasteiger partial charge >= 0.3 is 0 Å². The molecule has 0 unspecified atom stereocenters. The molecule has 2 N–H and O–H groups in total. The minimum Gasteiger partial charge on any atom is -0.432 e. The van der Waals surface area contributed by atoms with E-state index in [4.69, 9.17) is 4.74 Å². The molecule has 0 aliphatic carbocycles. The Morgan fingerprint density at radius 3 is 2.48 bits per heavy atom. The normalized spacial score (nSPS) is 23.3. The van der Waals surface area contributed by atoms with Crippen molar-refractivity contribution in [2.45, 2.75) is 83.8 Å². The number of anilines is 1. The van der Waals surface area contributed by atoms with Crippen molar-refractivity contribution in [1.82, 2.24) is 4.90 Å². The van der Waals surface area contributed by atoms with E-state index in [0.717, 1.165) is 34.1 Å². The van der Waals surface area contributed by atoms with Crippen LogP contribution < -0.4 is 4.90 Å². The van der Waals surface area contributed by atoms with E-state index in [9.17, 15) is 19.5 Å². The van der Waals surface area contributed by atoms with Crippen LogP contribution >= 0.6 is 15.9 Å². The lowest BCUT2D eigenvalue weighted by Crippen LogP contribution is -2.46. The average Bonchev–Trinajstić information content (AvgIpc) is 3.37. The molecule has 9 heteroatoms. The van der Waals surface area contributed by atoms with E-state index < -0.39 is 20.0 Å². The minimum absolute atomic E-state index is 0.0145. The lowest BCUT2D eigenvalue weighted by atomic mass is 9.82. The van der Waals surface area contributed by atoms with Gasteiger partial charge in [-0.3, -0.25) is 9.59 Å². The Balaban J connectivity index is 1.66. The lowest BCUT2D eigenvalue weighted by molar-refractivity contribution is -0.149. The van der Waals surface area contributed by atoms with E-state index in [1.54, 1.807) is 9.80 Å². The molecular formula is C35H47BrN2O5Si. The highest BCUT2D eigenvalue weighted by Gasteiger charge is 2.66. The summed E-state index contributed by atoms with van der Waals surface area (Å²) in [6.45, 7) is 12.8. The Bertz CT molecular complexity index is 1400. The van der Waals surface area contributed by atoms with Crippen LogP contribution in [0, 0.1) is 5.92 Å². The van der Waals surface area contributed by atoms with Gasteiger partial charge in [-0.1, -0.05) is 76.5 Å². The molecule has 7 nitrogen and oxygen atoms in total. The van der Waals surface area contributed by atoms with Crippen LogP contribution in [0.15, 0.2) is 76.3 Å². The molecule has 0 radical (unpaired) electrons. The number of allylic oxidation sites excluding steroid dienone is 3. The van der Waals surface area contributed by atoms with Gasteiger partial charge in [0.1, 0.15) is 0 Å². The van der Waals surface area contributed by atoms with Gasteiger partial charge in [-0.05, 0) is 70.5 Å². The summed E-state index contributed by atoms with van der Waals surface area (Å²) in [6.07, 6.45) is 5.57. The highest BCUT2D eigenvalue weighted by Crippen LogP contribution is 2.60. The van der Waals surface area contributed by atoms with Gasteiger partial charge < -0.3 is 24.4 Å². The van der Waals surface area contributed by atoms with E-state index in [-0.39, 0.29) is 42.8 Å². The summed E-state index contributed by atoms with van der Waals surface area (Å²) in [5, 5.41) is 9.76. The first-order valence-corrected chi connectivity index (χ1v) is 19.3. The van der Waals surface area contributed by atoms with Crippen LogP contribution in [0.25, 0.3) is 0 Å². The van der Waals surface area contributed by atoms with Gasteiger partial charge in [0.2, 0.25) is 5.91 Å². The fourth-order valence-electron chi connectivity index (χ4n) is 6.89. The topological polar surface area (TPSA) is 90.3 Å². The van der Waals surface area contributed by atoms with Crippen LogP contribution in [-0.4, -0.2) is 60.7 Å². The zero-order valence-electron chi connectivity index (χ0n) is 26.8. The first kappa shape index (κ1) is 34.3. The molecule has 1 saturated heterocycles. The van der Waals surface area contributed by atoms with Gasteiger partial charge in [0, 0.05) is 41.1 Å². The van der Waals surface area contributed by atoms with Crippen molar-refractivity contribution in [1.29, 1.82) is 0 Å². The first-order chi connectivity index (χ1) is 20.8.